The fourth-order valence-corrected chi connectivity index (χ4v) is 5.44. The predicted molar refractivity (Wildman–Crippen MR) is 139 cm³/mol. The van der Waals surface area contributed by atoms with Crippen LogP contribution in [0.2, 0.25) is 0 Å². The zero-order valence-corrected chi connectivity index (χ0v) is 21.1. The number of carbonyl (C=O) groups is 1. The Morgan fingerprint density at radius 2 is 1.83 bits per heavy atom. The van der Waals surface area contributed by atoms with Gasteiger partial charge in [0.05, 0.1) is 5.69 Å². The smallest absolute Gasteiger partial charge is 0.273 e. The molecule has 1 aliphatic carbocycles. The van der Waals surface area contributed by atoms with E-state index in [1.165, 1.54) is 37.5 Å². The first-order valence-corrected chi connectivity index (χ1v) is 12.7. The summed E-state index contributed by atoms with van der Waals surface area (Å²) >= 11 is 0. The van der Waals surface area contributed by atoms with Gasteiger partial charge in [-0.25, -0.2) is 4.98 Å². The minimum Gasteiger partial charge on any atom is -0.444 e. The third-order valence-corrected chi connectivity index (χ3v) is 7.08. The average Bonchev–Trinajstić information content (AvgIpc) is 3.57. The maximum atomic E-state index is 12.6. The number of fused-ring (bicyclic) bond motifs is 1. The van der Waals surface area contributed by atoms with E-state index in [-0.39, 0.29) is 5.91 Å². The van der Waals surface area contributed by atoms with Gasteiger partial charge in [-0.3, -0.25) is 9.78 Å². The van der Waals surface area contributed by atoms with Crippen LogP contribution in [0, 0.1) is 19.8 Å². The number of aromatic amines is 1. The summed E-state index contributed by atoms with van der Waals surface area (Å²) in [5, 5.41) is 4.14. The molecule has 1 aliphatic rings. The summed E-state index contributed by atoms with van der Waals surface area (Å²) in [6, 6.07) is 10.4. The molecule has 0 saturated heterocycles. The lowest BCUT2D eigenvalue weighted by Gasteiger charge is -2.10. The van der Waals surface area contributed by atoms with Gasteiger partial charge >= 0.3 is 0 Å². The van der Waals surface area contributed by atoms with Crippen molar-refractivity contribution in [2.24, 2.45) is 5.92 Å². The molecule has 0 aliphatic heterocycles. The highest BCUT2D eigenvalue weighted by atomic mass is 16.3. The molecule has 5 rings (SSSR count). The number of carbonyl (C=O) groups excluding carboxylic acids is 1. The van der Waals surface area contributed by atoms with E-state index >= 15 is 0 Å². The van der Waals surface area contributed by atoms with E-state index in [9.17, 15) is 4.79 Å². The molecule has 182 valence electrons. The fraction of sp³-hybridized carbons (Fsp3) is 0.414. The van der Waals surface area contributed by atoms with Gasteiger partial charge in [-0.05, 0) is 68.0 Å². The third kappa shape index (κ3) is 4.88. The third-order valence-electron chi connectivity index (χ3n) is 7.08. The lowest BCUT2D eigenvalue weighted by atomic mass is 9.95. The fourth-order valence-electron chi connectivity index (χ4n) is 5.44. The van der Waals surface area contributed by atoms with Crippen molar-refractivity contribution in [3.05, 3.63) is 59.2 Å². The van der Waals surface area contributed by atoms with E-state index in [0.717, 1.165) is 51.5 Å². The Balaban J connectivity index is 1.41. The Kier molecular flexibility index (Phi) is 6.46. The highest BCUT2D eigenvalue weighted by Gasteiger charge is 2.20. The van der Waals surface area contributed by atoms with Crippen molar-refractivity contribution in [1.29, 1.82) is 0 Å². The van der Waals surface area contributed by atoms with Crippen molar-refractivity contribution in [3.8, 4) is 22.7 Å². The van der Waals surface area contributed by atoms with Crippen LogP contribution in [-0.4, -0.2) is 27.4 Å². The SMILES string of the molecule is Cc1cc(-c2[nH]c3ccc(-c4nc(C(=O)NCCC5CCCC5)co4)cc3c2C(C)C)cc(C)n1. The number of nitrogens with zero attached hydrogens (tertiary/aromatic N) is 2. The van der Waals surface area contributed by atoms with Crippen LogP contribution in [0.25, 0.3) is 33.6 Å². The van der Waals surface area contributed by atoms with Gasteiger partial charge in [-0.15, -0.1) is 0 Å². The molecule has 3 heterocycles. The number of pyridine rings is 1. The molecular weight excluding hydrogens is 436 g/mol. The molecule has 0 unspecified atom stereocenters. The molecule has 35 heavy (non-hydrogen) atoms. The second kappa shape index (κ2) is 9.68. The molecule has 1 aromatic carbocycles. The van der Waals surface area contributed by atoms with Crippen LogP contribution in [-0.2, 0) is 0 Å². The number of benzene rings is 1. The van der Waals surface area contributed by atoms with Crippen molar-refractivity contribution >= 4 is 16.8 Å². The molecule has 0 spiro atoms. The Labute approximate surface area is 206 Å². The Morgan fingerprint density at radius 3 is 2.54 bits per heavy atom. The molecule has 6 nitrogen and oxygen atoms in total. The molecule has 6 heteroatoms. The molecule has 0 atom stereocenters. The van der Waals surface area contributed by atoms with Crippen LogP contribution in [0.4, 0.5) is 0 Å². The highest BCUT2D eigenvalue weighted by molar-refractivity contribution is 5.95. The van der Waals surface area contributed by atoms with Crippen molar-refractivity contribution in [3.63, 3.8) is 0 Å². The average molecular weight is 471 g/mol. The standard InChI is InChI=1S/C29H34N4O2/c1-17(2)26-23-15-21(9-10-24(23)32-27(26)22-13-18(3)31-19(4)14-22)29-33-25(16-35-29)28(34)30-12-11-20-7-5-6-8-20/h9-10,13-17,20,32H,5-8,11-12H2,1-4H3,(H,30,34). The lowest BCUT2D eigenvalue weighted by Crippen LogP contribution is -2.25. The van der Waals surface area contributed by atoms with Crippen molar-refractivity contribution in [2.45, 2.75) is 65.7 Å². The van der Waals surface area contributed by atoms with Gasteiger partial charge in [-0.2, -0.15) is 0 Å². The minimum atomic E-state index is -0.172. The Morgan fingerprint density at radius 1 is 1.09 bits per heavy atom. The summed E-state index contributed by atoms with van der Waals surface area (Å²) in [4.78, 5) is 25.2. The van der Waals surface area contributed by atoms with Gasteiger partial charge in [0.25, 0.3) is 5.91 Å². The Bertz CT molecular complexity index is 1340. The lowest BCUT2D eigenvalue weighted by molar-refractivity contribution is 0.0946. The number of aromatic nitrogens is 3. The molecule has 0 bridgehead atoms. The number of oxazole rings is 1. The second-order valence-electron chi connectivity index (χ2n) is 10.2. The van der Waals surface area contributed by atoms with E-state index in [1.54, 1.807) is 0 Å². The van der Waals surface area contributed by atoms with Crippen LogP contribution in [0.1, 0.15) is 79.3 Å². The minimum absolute atomic E-state index is 0.172. The molecule has 1 fully saturated rings. The summed E-state index contributed by atoms with van der Waals surface area (Å²) in [6.07, 6.45) is 7.70. The number of hydrogen-bond donors (Lipinski definition) is 2. The number of hydrogen-bond acceptors (Lipinski definition) is 4. The molecule has 2 N–H and O–H groups in total. The maximum absolute atomic E-state index is 12.6. The molecule has 3 aromatic heterocycles. The van der Waals surface area contributed by atoms with Gasteiger partial charge in [0.2, 0.25) is 5.89 Å². The molecular formula is C29H34N4O2. The van der Waals surface area contributed by atoms with Crippen LogP contribution in [0.3, 0.4) is 0 Å². The van der Waals surface area contributed by atoms with E-state index < -0.39 is 0 Å². The number of nitrogens with one attached hydrogen (secondary N) is 2. The van der Waals surface area contributed by atoms with E-state index in [4.69, 9.17) is 4.42 Å². The number of H-pyrrole nitrogens is 1. The number of rotatable bonds is 7. The highest BCUT2D eigenvalue weighted by Crippen LogP contribution is 2.37. The predicted octanol–water partition coefficient (Wildman–Crippen LogP) is 6.94. The largest absolute Gasteiger partial charge is 0.444 e. The first-order chi connectivity index (χ1) is 16.9. The normalized spacial score (nSPS) is 14.3. The van der Waals surface area contributed by atoms with Crippen LogP contribution in [0.5, 0.6) is 0 Å². The molecule has 1 saturated carbocycles. The van der Waals surface area contributed by atoms with Gasteiger partial charge in [0, 0.05) is 40.0 Å². The quantitative estimate of drug-likeness (QED) is 0.306. The number of aryl methyl sites for hydroxylation is 2. The van der Waals surface area contributed by atoms with Crippen molar-refractivity contribution < 1.29 is 9.21 Å². The van der Waals surface area contributed by atoms with E-state index in [2.05, 4.69) is 58.4 Å². The summed E-state index contributed by atoms with van der Waals surface area (Å²) < 4.78 is 5.73. The van der Waals surface area contributed by atoms with Crippen molar-refractivity contribution in [1.82, 2.24) is 20.3 Å². The van der Waals surface area contributed by atoms with E-state index in [0.29, 0.717) is 24.0 Å². The summed E-state index contributed by atoms with van der Waals surface area (Å²) in [7, 11) is 0. The topological polar surface area (TPSA) is 83.8 Å². The monoisotopic (exact) mass is 470 g/mol. The van der Waals surface area contributed by atoms with Gasteiger partial charge < -0.3 is 14.7 Å². The summed E-state index contributed by atoms with van der Waals surface area (Å²) in [5.74, 6) is 1.35. The first kappa shape index (κ1) is 23.3. The van der Waals surface area contributed by atoms with Gasteiger partial charge in [0.1, 0.15) is 6.26 Å². The summed E-state index contributed by atoms with van der Waals surface area (Å²) in [5.41, 5.74) is 7.77. The maximum Gasteiger partial charge on any atom is 0.273 e. The molecule has 0 radical (unpaired) electrons. The van der Waals surface area contributed by atoms with Gasteiger partial charge in [-0.1, -0.05) is 39.5 Å². The van der Waals surface area contributed by atoms with Crippen molar-refractivity contribution in [2.75, 3.05) is 6.54 Å². The van der Waals surface area contributed by atoms with Crippen LogP contribution in [0.15, 0.2) is 41.0 Å². The Hall–Kier alpha value is -3.41. The first-order valence-electron chi connectivity index (χ1n) is 12.7. The van der Waals surface area contributed by atoms with E-state index in [1.807, 2.05) is 19.9 Å². The summed E-state index contributed by atoms with van der Waals surface area (Å²) in [6.45, 7) is 9.15. The zero-order chi connectivity index (χ0) is 24.5. The number of amides is 1. The zero-order valence-electron chi connectivity index (χ0n) is 21.1. The molecule has 1 amide bonds. The van der Waals surface area contributed by atoms with Crippen LogP contribution < -0.4 is 5.32 Å². The van der Waals surface area contributed by atoms with Crippen LogP contribution >= 0.6 is 0 Å². The second-order valence-corrected chi connectivity index (χ2v) is 10.2. The molecule has 4 aromatic rings. The van der Waals surface area contributed by atoms with Gasteiger partial charge in [0.15, 0.2) is 5.69 Å².